The Balaban J connectivity index is 1.98. The number of nitrogens with zero attached hydrogens (tertiary/aromatic N) is 1. The Morgan fingerprint density at radius 1 is 1.29 bits per heavy atom. The second-order valence-electron chi connectivity index (χ2n) is 5.67. The van der Waals surface area contributed by atoms with E-state index < -0.39 is 0 Å². The molecule has 21 heavy (non-hydrogen) atoms. The van der Waals surface area contributed by atoms with Gasteiger partial charge in [0.1, 0.15) is 5.75 Å². The van der Waals surface area contributed by atoms with Crippen molar-refractivity contribution in [3.8, 4) is 5.75 Å². The Morgan fingerprint density at radius 3 is 2.76 bits per heavy atom. The first kappa shape index (κ1) is 14.0. The smallest absolute Gasteiger partial charge is 0.150 e. The lowest BCUT2D eigenvalue weighted by Gasteiger charge is -2.30. The number of β-amino-alcohol motifs (C(OH)–C–C–N with tert-alkyl or cyclic N) is 1. The van der Waals surface area contributed by atoms with E-state index in [1.165, 1.54) is 0 Å². The lowest BCUT2D eigenvalue weighted by Crippen LogP contribution is -2.37. The summed E-state index contributed by atoms with van der Waals surface area (Å²) in [5.74, 6) is 0.233. The zero-order valence-corrected chi connectivity index (χ0v) is 11.8. The van der Waals surface area contributed by atoms with Crippen LogP contribution in [0.3, 0.4) is 0 Å². The molecule has 0 amide bonds. The minimum atomic E-state index is -0.299. The van der Waals surface area contributed by atoms with E-state index in [-0.39, 0.29) is 11.9 Å². The number of aromatic hydroxyl groups is 1. The summed E-state index contributed by atoms with van der Waals surface area (Å²) >= 11 is 0. The average Bonchev–Trinajstić information content (AvgIpc) is 2.50. The number of piperidine rings is 1. The van der Waals surface area contributed by atoms with Crippen LogP contribution in [0, 0.1) is 0 Å². The zero-order chi connectivity index (χ0) is 14.8. The van der Waals surface area contributed by atoms with E-state index in [1.54, 1.807) is 6.07 Å². The maximum atomic E-state index is 11.3. The second-order valence-corrected chi connectivity index (χ2v) is 5.67. The number of aldehydes is 1. The van der Waals surface area contributed by atoms with Crippen LogP contribution in [0.5, 0.6) is 5.75 Å². The highest BCUT2D eigenvalue weighted by atomic mass is 16.3. The van der Waals surface area contributed by atoms with Gasteiger partial charge in [-0.3, -0.25) is 9.69 Å². The number of hydrogen-bond donors (Lipinski definition) is 2. The van der Waals surface area contributed by atoms with Crippen molar-refractivity contribution in [2.45, 2.75) is 25.5 Å². The number of rotatable bonds is 3. The van der Waals surface area contributed by atoms with Crippen molar-refractivity contribution in [3.05, 3.63) is 41.5 Å². The van der Waals surface area contributed by atoms with Gasteiger partial charge in [0.25, 0.3) is 0 Å². The summed E-state index contributed by atoms with van der Waals surface area (Å²) in [6, 6.07) is 9.13. The number of phenols is 1. The van der Waals surface area contributed by atoms with Crippen molar-refractivity contribution >= 4 is 17.1 Å². The van der Waals surface area contributed by atoms with E-state index in [1.807, 2.05) is 24.3 Å². The van der Waals surface area contributed by atoms with Crippen molar-refractivity contribution < 1.29 is 15.0 Å². The normalized spacial score (nSPS) is 19.8. The molecule has 1 fully saturated rings. The highest BCUT2D eigenvalue weighted by Gasteiger charge is 2.20. The molecule has 3 rings (SSSR count). The van der Waals surface area contributed by atoms with Crippen LogP contribution in [-0.4, -0.2) is 40.6 Å². The zero-order valence-electron chi connectivity index (χ0n) is 11.8. The highest BCUT2D eigenvalue weighted by molar-refractivity contribution is 6.01. The second kappa shape index (κ2) is 5.84. The van der Waals surface area contributed by atoms with Crippen LogP contribution in [0.25, 0.3) is 10.8 Å². The Labute approximate surface area is 123 Å². The molecule has 4 nitrogen and oxygen atoms in total. The summed E-state index contributed by atoms with van der Waals surface area (Å²) in [7, 11) is 0. The maximum absolute atomic E-state index is 11.3. The third-order valence-corrected chi connectivity index (χ3v) is 4.13. The lowest BCUT2D eigenvalue weighted by molar-refractivity contribution is 0.0664. The molecule has 1 unspecified atom stereocenters. The molecule has 2 N–H and O–H groups in total. The van der Waals surface area contributed by atoms with Gasteiger partial charge in [-0.25, -0.2) is 0 Å². The summed E-state index contributed by atoms with van der Waals surface area (Å²) in [5, 5.41) is 21.7. The molecule has 0 bridgehead atoms. The van der Waals surface area contributed by atoms with Crippen LogP contribution in [0.4, 0.5) is 0 Å². The molecule has 1 atom stereocenters. The van der Waals surface area contributed by atoms with Gasteiger partial charge in [-0.05, 0) is 30.8 Å². The summed E-state index contributed by atoms with van der Waals surface area (Å²) in [6.07, 6.45) is 2.32. The molecule has 1 aliphatic rings. The van der Waals surface area contributed by atoms with Crippen LogP contribution >= 0.6 is 0 Å². The molecule has 110 valence electrons. The molecule has 0 spiro atoms. The van der Waals surface area contributed by atoms with Crippen LogP contribution in [0.1, 0.15) is 28.8 Å². The molecule has 4 heteroatoms. The third kappa shape index (κ3) is 2.77. The Hall–Kier alpha value is -1.91. The van der Waals surface area contributed by atoms with Crippen molar-refractivity contribution in [1.29, 1.82) is 0 Å². The number of fused-ring (bicyclic) bond motifs is 1. The van der Waals surface area contributed by atoms with Gasteiger partial charge >= 0.3 is 0 Å². The fraction of sp³-hybridized carbons (Fsp3) is 0.353. The number of carbonyl (C=O) groups excluding carboxylic acids is 1. The molecule has 2 aromatic carbocycles. The standard InChI is InChI=1S/C17H19NO3/c19-11-13-8-12(9-18-7-3-4-14(20)10-18)17(21)16-6-2-1-5-15(13)16/h1-2,5-6,8,11,14,20-21H,3-4,7,9-10H2. The predicted octanol–water partition coefficient (Wildman–Crippen LogP) is 2.31. The van der Waals surface area contributed by atoms with Gasteiger partial charge in [-0.1, -0.05) is 24.3 Å². The molecule has 0 saturated carbocycles. The van der Waals surface area contributed by atoms with Crippen LogP contribution in [0.2, 0.25) is 0 Å². The topological polar surface area (TPSA) is 60.8 Å². The minimum absolute atomic E-state index is 0.233. The third-order valence-electron chi connectivity index (χ3n) is 4.13. The first-order valence-electron chi connectivity index (χ1n) is 7.28. The lowest BCUT2D eigenvalue weighted by atomic mass is 9.99. The number of phenolic OH excluding ortho intramolecular Hbond substituents is 1. The van der Waals surface area contributed by atoms with Gasteiger partial charge in [0, 0.05) is 29.6 Å². The molecular formula is C17H19NO3. The first-order chi connectivity index (χ1) is 10.2. The SMILES string of the molecule is O=Cc1cc(CN2CCCC(O)C2)c(O)c2ccccc12. The Morgan fingerprint density at radius 2 is 2.05 bits per heavy atom. The number of carbonyl (C=O) groups is 1. The Kier molecular flexibility index (Phi) is 3.90. The van der Waals surface area contributed by atoms with Gasteiger partial charge in [-0.2, -0.15) is 0 Å². The van der Waals surface area contributed by atoms with Crippen LogP contribution < -0.4 is 0 Å². The molecule has 1 heterocycles. The maximum Gasteiger partial charge on any atom is 0.150 e. The molecule has 0 aliphatic carbocycles. The monoisotopic (exact) mass is 285 g/mol. The van der Waals surface area contributed by atoms with Gasteiger partial charge in [-0.15, -0.1) is 0 Å². The van der Waals surface area contributed by atoms with Crippen molar-refractivity contribution in [1.82, 2.24) is 4.90 Å². The molecule has 1 aliphatic heterocycles. The number of likely N-dealkylation sites (tertiary alicyclic amines) is 1. The summed E-state index contributed by atoms with van der Waals surface area (Å²) < 4.78 is 0. The van der Waals surface area contributed by atoms with Gasteiger partial charge in [0.2, 0.25) is 0 Å². The molecule has 2 aromatic rings. The molecule has 0 radical (unpaired) electrons. The van der Waals surface area contributed by atoms with Crippen molar-refractivity contribution in [3.63, 3.8) is 0 Å². The van der Waals surface area contributed by atoms with Crippen molar-refractivity contribution in [2.75, 3.05) is 13.1 Å². The molecular weight excluding hydrogens is 266 g/mol. The molecule has 0 aromatic heterocycles. The molecule has 1 saturated heterocycles. The van der Waals surface area contributed by atoms with Gasteiger partial charge in [0.15, 0.2) is 6.29 Å². The van der Waals surface area contributed by atoms with E-state index in [9.17, 15) is 15.0 Å². The Bertz CT molecular complexity index is 668. The highest BCUT2D eigenvalue weighted by Crippen LogP contribution is 2.32. The average molecular weight is 285 g/mol. The van der Waals surface area contributed by atoms with E-state index in [0.29, 0.717) is 24.0 Å². The van der Waals surface area contributed by atoms with E-state index in [4.69, 9.17) is 0 Å². The number of hydrogen-bond acceptors (Lipinski definition) is 4. The quantitative estimate of drug-likeness (QED) is 0.850. The predicted molar refractivity (Wildman–Crippen MR) is 81.5 cm³/mol. The van der Waals surface area contributed by atoms with E-state index in [2.05, 4.69) is 4.90 Å². The van der Waals surface area contributed by atoms with Gasteiger partial charge < -0.3 is 10.2 Å². The van der Waals surface area contributed by atoms with Crippen LogP contribution in [0.15, 0.2) is 30.3 Å². The minimum Gasteiger partial charge on any atom is -0.507 e. The fourth-order valence-corrected chi connectivity index (χ4v) is 3.08. The van der Waals surface area contributed by atoms with Crippen LogP contribution in [-0.2, 0) is 6.54 Å². The summed E-state index contributed by atoms with van der Waals surface area (Å²) in [6.45, 7) is 2.07. The fourth-order valence-electron chi connectivity index (χ4n) is 3.08. The summed E-state index contributed by atoms with van der Waals surface area (Å²) in [4.78, 5) is 13.4. The number of benzene rings is 2. The first-order valence-corrected chi connectivity index (χ1v) is 7.28. The van der Waals surface area contributed by atoms with E-state index >= 15 is 0 Å². The number of aliphatic hydroxyl groups excluding tert-OH is 1. The summed E-state index contributed by atoms with van der Waals surface area (Å²) in [5.41, 5.74) is 1.33. The number of aliphatic hydroxyl groups is 1. The largest absolute Gasteiger partial charge is 0.507 e. The van der Waals surface area contributed by atoms with E-state index in [0.717, 1.165) is 36.6 Å². The van der Waals surface area contributed by atoms with Gasteiger partial charge in [0.05, 0.1) is 6.10 Å². The van der Waals surface area contributed by atoms with Crippen molar-refractivity contribution in [2.24, 2.45) is 0 Å².